The zero-order valence-electron chi connectivity index (χ0n) is 35.7. The van der Waals surface area contributed by atoms with Crippen molar-refractivity contribution in [3.05, 3.63) is 123 Å². The fourth-order valence-corrected chi connectivity index (χ4v) is 27.4. The van der Waals surface area contributed by atoms with E-state index in [4.69, 9.17) is 0 Å². The first-order valence-corrected chi connectivity index (χ1v) is 33.6. The van der Waals surface area contributed by atoms with Gasteiger partial charge in [-0.05, 0) is 95.5 Å². The molecule has 5 aromatic carbocycles. The van der Waals surface area contributed by atoms with Crippen LogP contribution >= 0.6 is 165 Å². The van der Waals surface area contributed by atoms with Crippen LogP contribution < -0.4 is 0 Å². The third-order valence-corrected chi connectivity index (χ3v) is 31.2. The van der Waals surface area contributed by atoms with Crippen molar-refractivity contribution in [1.82, 2.24) is 9.80 Å². The molecule has 6 aliphatic heterocycles. The normalized spacial score (nSPS) is 19.2. The van der Waals surface area contributed by atoms with Crippen LogP contribution in [0.25, 0.3) is 43.1 Å². The lowest BCUT2D eigenvalue weighted by atomic mass is 9.82. The maximum atomic E-state index is 14.3. The van der Waals surface area contributed by atoms with E-state index < -0.39 is 0 Å². The van der Waals surface area contributed by atoms with E-state index in [-0.39, 0.29) is 23.6 Å². The van der Waals surface area contributed by atoms with E-state index >= 15 is 0 Å². The summed E-state index contributed by atoms with van der Waals surface area (Å²) in [5.41, 5.74) is 2.07. The predicted molar refractivity (Wildman–Crippen MR) is 312 cm³/mol. The van der Waals surface area contributed by atoms with Gasteiger partial charge in [0.1, 0.15) is 0 Å². The Kier molecular flexibility index (Phi) is 13.8. The molecular formula is C46H34N2O4S14. The van der Waals surface area contributed by atoms with Gasteiger partial charge in [-0.25, -0.2) is 0 Å². The van der Waals surface area contributed by atoms with Crippen molar-refractivity contribution in [3.63, 3.8) is 0 Å². The van der Waals surface area contributed by atoms with Crippen molar-refractivity contribution in [1.29, 1.82) is 0 Å². The molecule has 0 spiro atoms. The highest BCUT2D eigenvalue weighted by molar-refractivity contribution is 8.44. The van der Waals surface area contributed by atoms with Gasteiger partial charge >= 0.3 is 0 Å². The van der Waals surface area contributed by atoms with E-state index in [1.54, 1.807) is 94.1 Å². The van der Waals surface area contributed by atoms with Crippen LogP contribution in [-0.4, -0.2) is 83.0 Å². The first-order chi connectivity index (χ1) is 32.0. The number of nitrogens with zero attached hydrogens (tertiary/aromatic N) is 2. The number of rotatable bonds is 12. The topological polar surface area (TPSA) is 74.8 Å². The van der Waals surface area contributed by atoms with Crippen molar-refractivity contribution < 1.29 is 19.2 Å². The Morgan fingerprint density at radius 3 is 0.939 bits per heavy atom. The minimum Gasteiger partial charge on any atom is -0.274 e. The average molecular weight is 1130 g/mol. The van der Waals surface area contributed by atoms with Gasteiger partial charge < -0.3 is 0 Å². The first kappa shape index (κ1) is 47.4. The summed E-state index contributed by atoms with van der Waals surface area (Å²) < 4.78 is 13.1. The molecule has 0 radical (unpaired) electrons. The molecule has 0 fully saturated rings. The third kappa shape index (κ3) is 7.91. The van der Waals surface area contributed by atoms with Crippen LogP contribution in [-0.2, 0) is 0 Å². The molecule has 0 saturated carbocycles. The van der Waals surface area contributed by atoms with Gasteiger partial charge in [-0.1, -0.05) is 118 Å². The lowest BCUT2D eigenvalue weighted by Gasteiger charge is -2.30. The van der Waals surface area contributed by atoms with E-state index in [2.05, 4.69) is 38.9 Å². The van der Waals surface area contributed by atoms with E-state index in [1.807, 2.05) is 119 Å². The molecule has 4 amide bonds. The molecule has 336 valence electrons. The van der Waals surface area contributed by atoms with Crippen molar-refractivity contribution in [3.8, 4) is 0 Å². The fourth-order valence-electron chi connectivity index (χ4n) is 8.59. The maximum absolute atomic E-state index is 14.3. The van der Waals surface area contributed by atoms with Crippen molar-refractivity contribution in [2.45, 2.75) is 13.8 Å². The van der Waals surface area contributed by atoms with E-state index in [1.165, 1.54) is 62.0 Å². The van der Waals surface area contributed by atoms with Crippen LogP contribution in [0.5, 0.6) is 0 Å². The molecule has 0 aliphatic carbocycles. The molecule has 6 aliphatic rings. The number of thioether (sulfide) groups is 14. The molecule has 0 atom stereocenters. The third-order valence-electron chi connectivity index (χ3n) is 11.5. The molecule has 6 heterocycles. The molecule has 0 saturated heterocycles. The highest BCUT2D eigenvalue weighted by Crippen LogP contribution is 2.66. The van der Waals surface area contributed by atoms with Crippen molar-refractivity contribution >= 4 is 231 Å². The van der Waals surface area contributed by atoms with Crippen molar-refractivity contribution in [2.24, 2.45) is 0 Å². The van der Waals surface area contributed by atoms with Gasteiger partial charge in [0.25, 0.3) is 23.6 Å². The number of carbonyl (C=O) groups excluding carboxylic acids is 4. The molecule has 20 heteroatoms. The Labute approximate surface area is 441 Å². The number of hydrogen-bond donors (Lipinski definition) is 0. The van der Waals surface area contributed by atoms with Crippen molar-refractivity contribution in [2.75, 3.05) is 49.6 Å². The van der Waals surface area contributed by atoms with Gasteiger partial charge in [-0.3, -0.25) is 29.0 Å². The quantitative estimate of drug-likeness (QED) is 0.0675. The van der Waals surface area contributed by atoms with Crippen LogP contribution in [0.4, 0.5) is 0 Å². The molecule has 6 nitrogen and oxygen atoms in total. The molecule has 11 rings (SSSR count). The predicted octanol–water partition coefficient (Wildman–Crippen LogP) is 16.7. The average Bonchev–Trinajstić information content (AvgIpc) is 4.13. The largest absolute Gasteiger partial charge is 0.274 e. The summed E-state index contributed by atoms with van der Waals surface area (Å²) in [6.07, 6.45) is 8.52. The Hall–Kier alpha value is -0.980. The number of fused-ring (bicyclic) bond motifs is 2. The zero-order valence-corrected chi connectivity index (χ0v) is 47.1. The fraction of sp³-hybridized carbons (Fsp3) is 0.217. The minimum absolute atomic E-state index is 0.281. The molecule has 5 aromatic rings. The summed E-state index contributed by atoms with van der Waals surface area (Å²) in [5.74, 6) is 0.0644. The number of allylic oxidation sites excluding steroid dienone is 2. The molecule has 0 unspecified atom stereocenters. The van der Waals surface area contributed by atoms with Gasteiger partial charge in [0, 0.05) is 67.4 Å². The summed E-state index contributed by atoms with van der Waals surface area (Å²) in [6.45, 7) is 4.90. The Balaban J connectivity index is 0.822. The summed E-state index contributed by atoms with van der Waals surface area (Å²) >= 11 is 25.2. The SMILES string of the molecule is CSC1=C(SC)SC(=C2SC(C)=C(SCCN3C(=O)c4ccc5c6ccc7c8c(ccc(c9ccc(c4c59)C3=O)c86)C(=O)N(CCSC3=C(C)SC(=C4SC(SC)=C(SC)S4)S3)C7=O)S2)S1. The highest BCUT2D eigenvalue weighted by atomic mass is 32.3. The van der Waals surface area contributed by atoms with Crippen LogP contribution in [0, 0.1) is 0 Å². The Bertz CT molecular complexity index is 2910. The molecule has 0 N–H and O–H groups in total. The Morgan fingerprint density at radius 1 is 0.379 bits per heavy atom. The summed E-state index contributed by atoms with van der Waals surface area (Å²) in [7, 11) is 0. The van der Waals surface area contributed by atoms with Gasteiger partial charge in [0.15, 0.2) is 0 Å². The molecule has 0 bridgehead atoms. The minimum atomic E-state index is -0.281. The molecule has 66 heavy (non-hydrogen) atoms. The highest BCUT2D eigenvalue weighted by Gasteiger charge is 2.38. The van der Waals surface area contributed by atoms with Crippen LogP contribution in [0.2, 0.25) is 0 Å². The van der Waals surface area contributed by atoms with Crippen LogP contribution in [0.15, 0.2) is 101 Å². The second-order valence-corrected chi connectivity index (χ2v) is 31.6. The van der Waals surface area contributed by atoms with Crippen LogP contribution in [0.1, 0.15) is 55.3 Å². The zero-order chi connectivity index (χ0) is 45.7. The van der Waals surface area contributed by atoms with E-state index in [0.29, 0.717) is 57.6 Å². The van der Waals surface area contributed by atoms with Gasteiger partial charge in [0.05, 0.1) is 42.4 Å². The monoisotopic (exact) mass is 1130 g/mol. The maximum Gasteiger partial charge on any atom is 0.261 e. The molecular weight excluding hydrogens is 1090 g/mol. The lowest BCUT2D eigenvalue weighted by Crippen LogP contribution is -2.41. The lowest BCUT2D eigenvalue weighted by molar-refractivity contribution is 0.0605. The van der Waals surface area contributed by atoms with E-state index in [0.717, 1.165) is 32.3 Å². The molecule has 0 aromatic heterocycles. The number of carbonyl (C=O) groups is 4. The van der Waals surface area contributed by atoms with E-state index in [9.17, 15) is 19.2 Å². The smallest absolute Gasteiger partial charge is 0.261 e. The first-order valence-electron chi connectivity index (χ1n) is 20.2. The van der Waals surface area contributed by atoms with Gasteiger partial charge in [-0.2, -0.15) is 0 Å². The second kappa shape index (κ2) is 19.2. The summed E-state index contributed by atoms with van der Waals surface area (Å²) in [6, 6.07) is 15.3. The van der Waals surface area contributed by atoms with Crippen LogP contribution in [0.3, 0.4) is 0 Å². The number of amides is 4. The second-order valence-electron chi connectivity index (χ2n) is 15.0. The van der Waals surface area contributed by atoms with Gasteiger partial charge in [0.2, 0.25) is 0 Å². The standard InChI is InChI=1S/C46H34N2O4S14/c1-19-37(61-43(59-19)45-63-39(53-3)40(54-4)64-45)57-17-15-47-33(49)25-11-7-21-23-9-13-27-32-28(14-10-24(30(23)32)22-8-12-26(34(47)50)31(25)29(21)22)36(52)48(35(27)51)16-18-58-38-20(2)60-44(62-38)46-65-41(55-5)42(56-6)66-46/h7-14H,15-18H2,1-6H3. The number of hydrogen-bond acceptors (Lipinski definition) is 18. The Morgan fingerprint density at radius 2 is 0.652 bits per heavy atom. The summed E-state index contributed by atoms with van der Waals surface area (Å²) in [5, 5.41) is 6.62. The number of benzene rings is 5. The van der Waals surface area contributed by atoms with Gasteiger partial charge in [-0.15, -0.1) is 70.6 Å². The summed E-state index contributed by atoms with van der Waals surface area (Å²) in [4.78, 5) is 62.5. The number of imide groups is 2.